The molecule has 5 nitrogen and oxygen atoms in total. The fraction of sp³-hybridized carbons (Fsp3) is 0.837. The van der Waals surface area contributed by atoms with Gasteiger partial charge >= 0.3 is 5.97 Å². The summed E-state index contributed by atoms with van der Waals surface area (Å²) in [4.78, 5) is 26.5. The molecule has 1 unspecified atom stereocenters. The van der Waals surface area contributed by atoms with Crippen LogP contribution in [-0.4, -0.2) is 46.7 Å². The van der Waals surface area contributed by atoms with E-state index in [0.29, 0.717) is 24.0 Å². The van der Waals surface area contributed by atoms with Crippen molar-refractivity contribution in [1.82, 2.24) is 0 Å². The summed E-state index contributed by atoms with van der Waals surface area (Å²) in [6.07, 6.45) is 23.0. The van der Waals surface area contributed by atoms with Crippen molar-refractivity contribution in [3.05, 3.63) is 35.5 Å². The Morgan fingerprint density at radius 2 is 1.50 bits per heavy atom. The fourth-order valence-corrected chi connectivity index (χ4v) is 12.8. The molecule has 0 aromatic carbocycles. The van der Waals surface area contributed by atoms with E-state index in [1.54, 1.807) is 5.57 Å². The van der Waals surface area contributed by atoms with Crippen LogP contribution in [0.15, 0.2) is 35.5 Å². The molecule has 0 saturated heterocycles. The Labute approximate surface area is 347 Å². The molecule has 4 saturated carbocycles. The Kier molecular flexibility index (Phi) is 15.7. The highest BCUT2D eigenvalue weighted by Gasteiger charge is 2.54. The highest BCUT2D eigenvalue weighted by molar-refractivity contribution is 6.74. The molecule has 4 aliphatic rings. The zero-order valence-electron chi connectivity index (χ0n) is 38.9. The minimum absolute atomic E-state index is 0.0288. The van der Waals surface area contributed by atoms with E-state index in [2.05, 4.69) is 101 Å². The number of fused-ring (bicyclic) bond motifs is 1. The molecule has 0 radical (unpaired) electrons. The van der Waals surface area contributed by atoms with Crippen molar-refractivity contribution >= 4 is 28.4 Å². The van der Waals surface area contributed by atoms with Gasteiger partial charge in [0, 0.05) is 25.2 Å². The molecule has 4 aliphatic carbocycles. The highest BCUT2D eigenvalue weighted by atomic mass is 28.4. The molecule has 0 N–H and O–H groups in total. The molecular formula is C49H86O5Si2. The van der Waals surface area contributed by atoms with Crippen LogP contribution in [0.3, 0.4) is 0 Å². The van der Waals surface area contributed by atoms with Gasteiger partial charge < -0.3 is 13.6 Å². The number of hydrogen-bond acceptors (Lipinski definition) is 5. The number of ketones is 1. The molecule has 4 rings (SSSR count). The van der Waals surface area contributed by atoms with E-state index in [0.717, 1.165) is 63.4 Å². The summed E-state index contributed by atoms with van der Waals surface area (Å²) in [5.41, 5.74) is 3.93. The lowest BCUT2D eigenvalue weighted by Gasteiger charge is -2.46. The summed E-state index contributed by atoms with van der Waals surface area (Å²) in [6, 6.07) is 0. The Hall–Kier alpha value is -1.29. The quantitative estimate of drug-likeness (QED) is 0.0784. The maximum Gasteiger partial charge on any atom is 0.302 e. The third kappa shape index (κ3) is 11.3. The molecule has 0 aliphatic heterocycles. The van der Waals surface area contributed by atoms with Gasteiger partial charge in [-0.05, 0) is 128 Å². The van der Waals surface area contributed by atoms with E-state index < -0.39 is 16.6 Å². The first-order chi connectivity index (χ1) is 25.9. The highest BCUT2D eigenvalue weighted by Crippen LogP contribution is 2.60. The van der Waals surface area contributed by atoms with Crippen molar-refractivity contribution in [2.75, 3.05) is 0 Å². The minimum Gasteiger partial charge on any atom is -0.462 e. The molecule has 0 aromatic heterocycles. The molecular weight excluding hydrogens is 725 g/mol. The first kappa shape index (κ1) is 47.4. The van der Waals surface area contributed by atoms with Gasteiger partial charge in [-0.15, -0.1) is 0 Å². The summed E-state index contributed by atoms with van der Waals surface area (Å²) >= 11 is 0. The normalized spacial score (nSPS) is 29.6. The number of rotatable bonds is 18. The van der Waals surface area contributed by atoms with Crippen molar-refractivity contribution in [2.45, 2.75) is 233 Å². The van der Waals surface area contributed by atoms with Crippen molar-refractivity contribution in [2.24, 2.45) is 28.6 Å². The Bertz CT molecular complexity index is 1440. The van der Waals surface area contributed by atoms with Crippen molar-refractivity contribution in [3.8, 4) is 0 Å². The molecule has 0 spiro atoms. The topological polar surface area (TPSA) is 61.8 Å². The van der Waals surface area contributed by atoms with Crippen LogP contribution in [0.2, 0.25) is 36.3 Å². The van der Waals surface area contributed by atoms with E-state index in [4.69, 9.17) is 20.2 Å². The summed E-state index contributed by atoms with van der Waals surface area (Å²) in [5.74, 6) is 1.13. The SMILES string of the molecule is C=C1C(=CC=C2CCC[C@]3(C)[C@@H]([C@H](C)C(CC(=O)C4(CCCCCCCC)CC4)OC(C)=O)CC[C@@H]23)C[C@@H](O[Si](C)(C)C(C)(C)C)C[C@@H]1O[Si](C)(C)C(C)(C)C. The van der Waals surface area contributed by atoms with Gasteiger partial charge in [-0.3, -0.25) is 9.59 Å². The number of ether oxygens (including phenoxy) is 1. The van der Waals surface area contributed by atoms with E-state index in [9.17, 15) is 9.59 Å². The first-order valence-corrected chi connectivity index (χ1v) is 28.8. The predicted octanol–water partition coefficient (Wildman–Crippen LogP) is 14.2. The van der Waals surface area contributed by atoms with Gasteiger partial charge in [0.2, 0.25) is 0 Å². The van der Waals surface area contributed by atoms with E-state index in [1.807, 2.05) is 0 Å². The van der Waals surface area contributed by atoms with Crippen LogP contribution in [0.1, 0.15) is 178 Å². The van der Waals surface area contributed by atoms with E-state index in [1.165, 1.54) is 57.4 Å². The number of carbonyl (C=O) groups excluding carboxylic acids is 2. The summed E-state index contributed by atoms with van der Waals surface area (Å²) in [5, 5.41) is 0.254. The number of carbonyl (C=O) groups is 2. The van der Waals surface area contributed by atoms with Crippen LogP contribution in [0.25, 0.3) is 0 Å². The standard InChI is InChI=1S/C49H86O5Si2/c1-16-17-18-19-20-21-29-49(30-31-49)45(51)34-43(52-37(4)50)36(3)41-26-27-42-38(23-22-28-48(41,42)11)24-25-39-32-40(53-55(12,13)46(5,6)7)33-44(35(39)2)54-56(14,15)47(8,9)10/h24-25,36,40-44H,2,16-23,26-34H2,1,3-15H3/t36-,40+,41+,42-,43?,44-,48+/m0/s1. The Morgan fingerprint density at radius 1 is 0.893 bits per heavy atom. The van der Waals surface area contributed by atoms with Crippen LogP contribution in [-0.2, 0) is 23.2 Å². The van der Waals surface area contributed by atoms with Gasteiger partial charge in [0.1, 0.15) is 11.9 Å². The van der Waals surface area contributed by atoms with Crippen LogP contribution < -0.4 is 0 Å². The Morgan fingerprint density at radius 3 is 2.09 bits per heavy atom. The monoisotopic (exact) mass is 811 g/mol. The van der Waals surface area contributed by atoms with Crippen molar-refractivity contribution in [3.63, 3.8) is 0 Å². The van der Waals surface area contributed by atoms with Crippen molar-refractivity contribution < 1.29 is 23.2 Å². The van der Waals surface area contributed by atoms with Gasteiger partial charge in [0.15, 0.2) is 16.6 Å². The van der Waals surface area contributed by atoms with Gasteiger partial charge in [-0.2, -0.15) is 0 Å². The molecule has 0 aromatic rings. The fourth-order valence-electron chi connectivity index (χ4n) is 10.2. The lowest BCUT2D eigenvalue weighted by molar-refractivity contribution is -0.153. The third-order valence-corrected chi connectivity index (χ3v) is 25.2. The second-order valence-corrected chi connectivity index (χ2v) is 31.8. The number of Topliss-reactive ketones (excluding diaryl/α,β-unsaturated/α-hetero) is 1. The number of hydrogen-bond donors (Lipinski definition) is 0. The van der Waals surface area contributed by atoms with Crippen molar-refractivity contribution in [1.29, 1.82) is 0 Å². The van der Waals surface area contributed by atoms with Crippen LogP contribution >= 0.6 is 0 Å². The number of unbranched alkanes of at least 4 members (excludes halogenated alkanes) is 5. The zero-order chi connectivity index (χ0) is 41.9. The molecule has 0 bridgehead atoms. The second-order valence-electron chi connectivity index (χ2n) is 22.3. The van der Waals surface area contributed by atoms with Crippen LogP contribution in [0, 0.1) is 28.6 Å². The maximum atomic E-state index is 14.0. The number of allylic oxidation sites excluding steroid dienone is 3. The summed E-state index contributed by atoms with van der Waals surface area (Å²) < 4.78 is 20.3. The second kappa shape index (κ2) is 18.5. The third-order valence-electron chi connectivity index (χ3n) is 16.2. The van der Waals surface area contributed by atoms with E-state index >= 15 is 0 Å². The lowest BCUT2D eigenvalue weighted by atomic mass is 9.60. The molecule has 320 valence electrons. The molecule has 56 heavy (non-hydrogen) atoms. The minimum atomic E-state index is -2.04. The smallest absolute Gasteiger partial charge is 0.302 e. The largest absolute Gasteiger partial charge is 0.462 e. The van der Waals surface area contributed by atoms with Gasteiger partial charge in [-0.1, -0.05) is 125 Å². The molecule has 4 fully saturated rings. The van der Waals surface area contributed by atoms with Gasteiger partial charge in [-0.25, -0.2) is 0 Å². The van der Waals surface area contributed by atoms with E-state index in [-0.39, 0.29) is 51.1 Å². The summed E-state index contributed by atoms with van der Waals surface area (Å²) in [6.45, 7) is 36.7. The molecule has 7 atom stereocenters. The molecule has 0 heterocycles. The summed E-state index contributed by atoms with van der Waals surface area (Å²) in [7, 11) is -4.03. The Balaban J connectivity index is 1.53. The zero-order valence-corrected chi connectivity index (χ0v) is 40.9. The number of esters is 1. The van der Waals surface area contributed by atoms with Crippen LogP contribution in [0.4, 0.5) is 0 Å². The average molecular weight is 811 g/mol. The van der Waals surface area contributed by atoms with Crippen LogP contribution in [0.5, 0.6) is 0 Å². The average Bonchev–Trinajstić information content (AvgIpc) is 3.78. The first-order valence-electron chi connectivity index (χ1n) is 23.0. The maximum absolute atomic E-state index is 14.0. The molecule has 7 heteroatoms. The predicted molar refractivity (Wildman–Crippen MR) is 241 cm³/mol. The van der Waals surface area contributed by atoms with Gasteiger partial charge in [0.05, 0.1) is 12.2 Å². The lowest BCUT2D eigenvalue weighted by Crippen LogP contribution is -2.49. The molecule has 0 amide bonds. The van der Waals surface area contributed by atoms with Gasteiger partial charge in [0.25, 0.3) is 0 Å².